The van der Waals surface area contributed by atoms with Crippen LogP contribution < -0.4 is 10.6 Å². The third-order valence-electron chi connectivity index (χ3n) is 4.67. The van der Waals surface area contributed by atoms with E-state index in [1.165, 1.54) is 0 Å². The van der Waals surface area contributed by atoms with Crippen molar-refractivity contribution in [2.24, 2.45) is 5.92 Å². The van der Waals surface area contributed by atoms with Crippen molar-refractivity contribution < 1.29 is 9.59 Å². The molecule has 0 aromatic heterocycles. The van der Waals surface area contributed by atoms with E-state index in [-0.39, 0.29) is 17.7 Å². The molecule has 1 heterocycles. The van der Waals surface area contributed by atoms with E-state index < -0.39 is 0 Å². The van der Waals surface area contributed by atoms with Crippen molar-refractivity contribution in [2.75, 3.05) is 25.0 Å². The summed E-state index contributed by atoms with van der Waals surface area (Å²) in [5.74, 6) is 0.564. The predicted octanol–water partition coefficient (Wildman–Crippen LogP) is 2.77. The number of amides is 2. The van der Waals surface area contributed by atoms with Gasteiger partial charge in [0.2, 0.25) is 11.8 Å². The number of nitrogens with zero attached hydrogens (tertiary/aromatic N) is 1. The number of likely N-dealkylation sites (tertiary alicyclic amines) is 1. The summed E-state index contributed by atoms with van der Waals surface area (Å²) in [4.78, 5) is 26.1. The fourth-order valence-corrected chi connectivity index (χ4v) is 3.25. The van der Waals surface area contributed by atoms with E-state index in [0.29, 0.717) is 12.5 Å². The van der Waals surface area contributed by atoms with Gasteiger partial charge >= 0.3 is 0 Å². The van der Waals surface area contributed by atoms with Crippen molar-refractivity contribution in [1.29, 1.82) is 0 Å². The summed E-state index contributed by atoms with van der Waals surface area (Å²) in [6.45, 7) is 2.66. The smallest absolute Gasteiger partial charge is 0.225 e. The second-order valence-corrected chi connectivity index (χ2v) is 7.62. The fourth-order valence-electron chi connectivity index (χ4n) is 2.98. The van der Waals surface area contributed by atoms with Crippen LogP contribution in [0.1, 0.15) is 32.1 Å². The summed E-state index contributed by atoms with van der Waals surface area (Å²) in [6.07, 6.45) is 4.56. The Labute approximate surface area is 151 Å². The van der Waals surface area contributed by atoms with Crippen molar-refractivity contribution in [2.45, 2.75) is 38.1 Å². The molecule has 24 heavy (non-hydrogen) atoms. The summed E-state index contributed by atoms with van der Waals surface area (Å²) in [5, 5.41) is 6.07. The predicted molar refractivity (Wildman–Crippen MR) is 97.7 cm³/mol. The molecule has 0 atom stereocenters. The zero-order valence-electron chi connectivity index (χ0n) is 13.8. The highest BCUT2D eigenvalue weighted by Gasteiger charge is 2.31. The topological polar surface area (TPSA) is 61.4 Å². The molecule has 1 aliphatic carbocycles. The average molecular weight is 394 g/mol. The molecule has 2 aliphatic rings. The number of hydrogen-bond acceptors (Lipinski definition) is 3. The van der Waals surface area contributed by atoms with E-state index >= 15 is 0 Å². The number of rotatable bonds is 6. The number of benzene rings is 1. The van der Waals surface area contributed by atoms with E-state index in [2.05, 4.69) is 31.5 Å². The summed E-state index contributed by atoms with van der Waals surface area (Å²) in [7, 11) is 0. The number of carbonyl (C=O) groups excluding carboxylic acids is 2. The van der Waals surface area contributed by atoms with E-state index in [1.807, 2.05) is 24.3 Å². The van der Waals surface area contributed by atoms with Crippen LogP contribution in [0, 0.1) is 5.92 Å². The molecule has 1 saturated carbocycles. The fraction of sp³-hybridized carbons (Fsp3) is 0.556. The SMILES string of the molecule is O=C(CCN1CCC(NC(=O)C2CC2)CC1)Nc1ccc(Br)cc1. The standard InChI is InChI=1S/C18H24BrN3O2/c19-14-3-5-15(6-4-14)20-17(23)9-12-22-10-7-16(8-11-22)21-18(24)13-1-2-13/h3-6,13,16H,1-2,7-12H2,(H,20,23)(H,21,24). The second kappa shape index (κ2) is 8.12. The van der Waals surface area contributed by atoms with Gasteiger partial charge in [-0.3, -0.25) is 9.59 Å². The molecule has 6 heteroatoms. The van der Waals surface area contributed by atoms with E-state index in [0.717, 1.165) is 55.5 Å². The Bertz CT molecular complexity index is 578. The third-order valence-corrected chi connectivity index (χ3v) is 5.19. The van der Waals surface area contributed by atoms with Gasteiger partial charge < -0.3 is 15.5 Å². The molecule has 0 spiro atoms. The summed E-state index contributed by atoms with van der Waals surface area (Å²) < 4.78 is 0.997. The first kappa shape index (κ1) is 17.4. The minimum atomic E-state index is 0.0430. The first-order valence-corrected chi connectivity index (χ1v) is 9.47. The van der Waals surface area contributed by atoms with Gasteiger partial charge in [0.25, 0.3) is 0 Å². The van der Waals surface area contributed by atoms with Crippen molar-refractivity contribution in [3.05, 3.63) is 28.7 Å². The minimum absolute atomic E-state index is 0.0430. The molecule has 3 rings (SSSR count). The number of hydrogen-bond donors (Lipinski definition) is 2. The number of nitrogens with one attached hydrogen (secondary N) is 2. The maximum absolute atomic E-state index is 12.0. The number of halogens is 1. The van der Waals surface area contributed by atoms with E-state index in [9.17, 15) is 9.59 Å². The molecule has 0 radical (unpaired) electrons. The van der Waals surface area contributed by atoms with Gasteiger partial charge in [-0.2, -0.15) is 0 Å². The monoisotopic (exact) mass is 393 g/mol. The first-order valence-electron chi connectivity index (χ1n) is 8.68. The lowest BCUT2D eigenvalue weighted by Crippen LogP contribution is -2.45. The molecule has 2 fully saturated rings. The molecule has 5 nitrogen and oxygen atoms in total. The Kier molecular flexibility index (Phi) is 5.89. The maximum atomic E-state index is 12.0. The molecular weight excluding hydrogens is 370 g/mol. The summed E-state index contributed by atoms with van der Waals surface area (Å²) in [6, 6.07) is 7.91. The normalized spacial score (nSPS) is 19.0. The Morgan fingerprint density at radius 2 is 1.75 bits per heavy atom. The maximum Gasteiger partial charge on any atom is 0.225 e. The molecule has 0 unspecified atom stereocenters. The van der Waals surface area contributed by atoms with Gasteiger partial charge in [0.1, 0.15) is 0 Å². The van der Waals surface area contributed by atoms with Crippen LogP contribution in [-0.4, -0.2) is 42.4 Å². The van der Waals surface area contributed by atoms with Gasteiger partial charge in [-0.05, 0) is 49.9 Å². The number of carbonyl (C=O) groups is 2. The van der Waals surface area contributed by atoms with Crippen LogP contribution in [-0.2, 0) is 9.59 Å². The van der Waals surface area contributed by atoms with Gasteiger partial charge in [0.05, 0.1) is 0 Å². The average Bonchev–Trinajstić information content (AvgIpc) is 3.41. The van der Waals surface area contributed by atoms with Crippen molar-refractivity contribution in [3.8, 4) is 0 Å². The second-order valence-electron chi connectivity index (χ2n) is 6.70. The largest absolute Gasteiger partial charge is 0.353 e. The lowest BCUT2D eigenvalue weighted by molar-refractivity contribution is -0.123. The molecule has 130 valence electrons. The first-order chi connectivity index (χ1) is 11.6. The summed E-state index contributed by atoms with van der Waals surface area (Å²) >= 11 is 3.38. The lowest BCUT2D eigenvalue weighted by atomic mass is 10.0. The van der Waals surface area contributed by atoms with Crippen LogP contribution in [0.15, 0.2) is 28.7 Å². The van der Waals surface area contributed by atoms with Crippen molar-refractivity contribution in [3.63, 3.8) is 0 Å². The van der Waals surface area contributed by atoms with Crippen LogP contribution in [0.5, 0.6) is 0 Å². The van der Waals surface area contributed by atoms with Crippen LogP contribution in [0.2, 0.25) is 0 Å². The Hall–Kier alpha value is -1.40. The molecule has 1 aromatic carbocycles. The number of anilines is 1. The lowest BCUT2D eigenvalue weighted by Gasteiger charge is -2.32. The summed E-state index contributed by atoms with van der Waals surface area (Å²) in [5.41, 5.74) is 0.824. The van der Waals surface area contributed by atoms with Gasteiger partial charge in [-0.25, -0.2) is 0 Å². The van der Waals surface area contributed by atoms with Crippen LogP contribution >= 0.6 is 15.9 Å². The van der Waals surface area contributed by atoms with Gasteiger partial charge in [-0.15, -0.1) is 0 Å². The Morgan fingerprint density at radius 3 is 2.38 bits per heavy atom. The van der Waals surface area contributed by atoms with Crippen molar-refractivity contribution >= 4 is 33.4 Å². The Balaban J connectivity index is 1.33. The van der Waals surface area contributed by atoms with E-state index in [4.69, 9.17) is 0 Å². The van der Waals surface area contributed by atoms with Gasteiger partial charge in [-0.1, -0.05) is 15.9 Å². The van der Waals surface area contributed by atoms with E-state index in [1.54, 1.807) is 0 Å². The van der Waals surface area contributed by atoms with Crippen LogP contribution in [0.3, 0.4) is 0 Å². The van der Waals surface area contributed by atoms with Gasteiger partial charge in [0.15, 0.2) is 0 Å². The zero-order chi connectivity index (χ0) is 16.9. The minimum Gasteiger partial charge on any atom is -0.353 e. The molecule has 2 N–H and O–H groups in total. The van der Waals surface area contributed by atoms with Crippen LogP contribution in [0.25, 0.3) is 0 Å². The third kappa shape index (κ3) is 5.31. The highest BCUT2D eigenvalue weighted by molar-refractivity contribution is 9.10. The molecule has 2 amide bonds. The number of piperidine rings is 1. The molecular formula is C18H24BrN3O2. The Morgan fingerprint density at radius 1 is 1.08 bits per heavy atom. The quantitative estimate of drug-likeness (QED) is 0.780. The highest BCUT2D eigenvalue weighted by atomic mass is 79.9. The van der Waals surface area contributed by atoms with Crippen LogP contribution in [0.4, 0.5) is 5.69 Å². The molecule has 1 aliphatic heterocycles. The molecule has 1 saturated heterocycles. The molecule has 1 aromatic rings. The van der Waals surface area contributed by atoms with Crippen molar-refractivity contribution in [1.82, 2.24) is 10.2 Å². The molecule has 0 bridgehead atoms. The van der Waals surface area contributed by atoms with Gasteiger partial charge in [0, 0.05) is 48.2 Å². The highest BCUT2D eigenvalue weighted by Crippen LogP contribution is 2.29. The zero-order valence-corrected chi connectivity index (χ0v) is 15.3.